The predicted molar refractivity (Wildman–Crippen MR) is 145 cm³/mol. The third-order valence-electron chi connectivity index (χ3n) is 6.21. The highest BCUT2D eigenvalue weighted by Gasteiger charge is 2.32. The van der Waals surface area contributed by atoms with E-state index in [1.165, 1.54) is 28.0 Å². The first kappa shape index (κ1) is 25.2. The first-order chi connectivity index (χ1) is 18.4. The smallest absolute Gasteiger partial charge is 0.271 e. The van der Waals surface area contributed by atoms with E-state index in [0.717, 1.165) is 0 Å². The maximum absolute atomic E-state index is 13.8. The van der Waals surface area contributed by atoms with Gasteiger partial charge in [0.15, 0.2) is 4.80 Å². The molecule has 0 spiro atoms. The number of benzene rings is 3. The average molecular weight is 530 g/mol. The van der Waals surface area contributed by atoms with E-state index in [0.29, 0.717) is 48.9 Å². The van der Waals surface area contributed by atoms with Crippen LogP contribution in [-0.2, 0) is 4.79 Å². The number of fused-ring (bicyclic) bond motifs is 1. The number of nitrogens with zero attached hydrogens (tertiary/aromatic N) is 2. The molecule has 1 aromatic heterocycles. The van der Waals surface area contributed by atoms with Gasteiger partial charge in [0, 0.05) is 11.3 Å². The van der Waals surface area contributed by atoms with E-state index in [-0.39, 0.29) is 5.56 Å². The van der Waals surface area contributed by atoms with Crippen LogP contribution in [0.4, 0.5) is 10.1 Å². The number of allylic oxidation sites excluding steroid dienone is 1. The molecule has 1 amide bonds. The number of hydrogen-bond acceptors (Lipinski definition) is 6. The molecule has 3 aromatic carbocycles. The lowest BCUT2D eigenvalue weighted by Crippen LogP contribution is -2.40. The fourth-order valence-electron chi connectivity index (χ4n) is 4.39. The van der Waals surface area contributed by atoms with Crippen molar-refractivity contribution < 1.29 is 18.7 Å². The van der Waals surface area contributed by atoms with E-state index in [2.05, 4.69) is 10.3 Å². The van der Waals surface area contributed by atoms with Crippen molar-refractivity contribution in [2.45, 2.75) is 13.0 Å². The lowest BCUT2D eigenvalue weighted by atomic mass is 9.95. The molecule has 7 nitrogen and oxygen atoms in total. The predicted octanol–water partition coefficient (Wildman–Crippen LogP) is 4.03. The molecule has 0 aliphatic carbocycles. The van der Waals surface area contributed by atoms with Crippen molar-refractivity contribution in [2.75, 3.05) is 19.5 Å². The number of rotatable bonds is 6. The average Bonchev–Trinajstić information content (AvgIpc) is 3.22. The van der Waals surface area contributed by atoms with Gasteiger partial charge in [-0.25, -0.2) is 9.38 Å². The number of carbonyl (C=O) groups excluding carboxylic acids is 1. The fraction of sp³-hybridized carbons (Fsp3) is 0.138. The van der Waals surface area contributed by atoms with Crippen LogP contribution in [0.25, 0.3) is 6.08 Å². The van der Waals surface area contributed by atoms with Crippen LogP contribution >= 0.6 is 11.3 Å². The Morgan fingerprint density at radius 1 is 1.05 bits per heavy atom. The highest BCUT2D eigenvalue weighted by atomic mass is 32.1. The van der Waals surface area contributed by atoms with Crippen LogP contribution in [-0.4, -0.2) is 24.7 Å². The molecule has 4 aromatic rings. The molecular formula is C29H24FN3O4S. The first-order valence-electron chi connectivity index (χ1n) is 11.8. The van der Waals surface area contributed by atoms with E-state index in [4.69, 9.17) is 9.47 Å². The molecule has 1 unspecified atom stereocenters. The summed E-state index contributed by atoms with van der Waals surface area (Å²) < 4.78 is 26.5. The summed E-state index contributed by atoms with van der Waals surface area (Å²) in [6, 6.07) is 19.3. The van der Waals surface area contributed by atoms with E-state index >= 15 is 0 Å². The highest BCUT2D eigenvalue weighted by molar-refractivity contribution is 7.07. The van der Waals surface area contributed by atoms with Crippen LogP contribution in [0, 0.1) is 5.82 Å². The summed E-state index contributed by atoms with van der Waals surface area (Å²) in [6.07, 6.45) is 1.72. The number of anilines is 1. The van der Waals surface area contributed by atoms with E-state index in [1.54, 1.807) is 69.7 Å². The van der Waals surface area contributed by atoms with Gasteiger partial charge in [0.1, 0.15) is 17.3 Å². The molecule has 1 N–H and O–H groups in total. The van der Waals surface area contributed by atoms with Crippen molar-refractivity contribution in [1.29, 1.82) is 0 Å². The molecule has 5 rings (SSSR count). The second-order valence-corrected chi connectivity index (χ2v) is 9.57. The number of ether oxygens (including phenoxy) is 2. The number of amides is 1. The normalized spacial score (nSPS) is 15.1. The molecule has 0 saturated carbocycles. The van der Waals surface area contributed by atoms with Gasteiger partial charge in [-0.3, -0.25) is 14.2 Å². The molecule has 9 heteroatoms. The van der Waals surface area contributed by atoms with Crippen molar-refractivity contribution in [1.82, 2.24) is 4.57 Å². The van der Waals surface area contributed by atoms with E-state index in [9.17, 15) is 14.0 Å². The summed E-state index contributed by atoms with van der Waals surface area (Å²) in [7, 11) is 3.11. The number of nitrogens with one attached hydrogen (secondary N) is 1. The topological polar surface area (TPSA) is 81.9 Å². The quantitative estimate of drug-likeness (QED) is 0.409. The summed E-state index contributed by atoms with van der Waals surface area (Å²) in [5, 5.41) is 2.90. The Kier molecular flexibility index (Phi) is 6.93. The summed E-state index contributed by atoms with van der Waals surface area (Å²) in [5.41, 5.74) is 2.31. The Morgan fingerprint density at radius 3 is 2.47 bits per heavy atom. The molecule has 1 atom stereocenters. The standard InChI is InChI=1S/C29H24FN3O4S/c1-17-25(27(34)32-21-7-5-4-6-8-21)26(18-9-11-20(30)12-10-18)33-28(35)24(38-29(33)31-17)16-19-15-22(36-2)13-14-23(19)37-3/h4-16,26H,1-3H3,(H,32,34)/b24-16+. The lowest BCUT2D eigenvalue weighted by Gasteiger charge is -2.25. The largest absolute Gasteiger partial charge is 0.497 e. The summed E-state index contributed by atoms with van der Waals surface area (Å²) in [4.78, 5) is 32.5. The van der Waals surface area contributed by atoms with Crippen LogP contribution in [0.1, 0.15) is 24.1 Å². The molecule has 0 fully saturated rings. The van der Waals surface area contributed by atoms with Crippen molar-refractivity contribution in [3.63, 3.8) is 0 Å². The Morgan fingerprint density at radius 2 is 1.79 bits per heavy atom. The molecule has 1 aliphatic rings. The molecule has 0 bridgehead atoms. The maximum Gasteiger partial charge on any atom is 0.271 e. The van der Waals surface area contributed by atoms with Crippen molar-refractivity contribution in [2.24, 2.45) is 4.99 Å². The zero-order chi connectivity index (χ0) is 26.8. The van der Waals surface area contributed by atoms with Gasteiger partial charge in [-0.2, -0.15) is 0 Å². The number of carbonyl (C=O) groups is 1. The van der Waals surface area contributed by atoms with Gasteiger partial charge in [0.2, 0.25) is 0 Å². The minimum Gasteiger partial charge on any atom is -0.497 e. The minimum absolute atomic E-state index is 0.304. The van der Waals surface area contributed by atoms with Gasteiger partial charge < -0.3 is 14.8 Å². The number of thiazole rings is 1. The molecular weight excluding hydrogens is 505 g/mol. The zero-order valence-corrected chi connectivity index (χ0v) is 21.7. The summed E-state index contributed by atoms with van der Waals surface area (Å²) in [6.45, 7) is 1.73. The summed E-state index contributed by atoms with van der Waals surface area (Å²) >= 11 is 1.20. The molecule has 2 heterocycles. The van der Waals surface area contributed by atoms with Crippen LogP contribution < -0.4 is 29.7 Å². The van der Waals surface area contributed by atoms with Crippen molar-refractivity contribution in [3.05, 3.63) is 121 Å². The number of methoxy groups -OCH3 is 2. The van der Waals surface area contributed by atoms with Gasteiger partial charge in [-0.1, -0.05) is 41.7 Å². The van der Waals surface area contributed by atoms with Gasteiger partial charge in [-0.05, 0) is 61.0 Å². The lowest BCUT2D eigenvalue weighted by molar-refractivity contribution is -0.113. The third-order valence-corrected chi connectivity index (χ3v) is 7.19. The van der Waals surface area contributed by atoms with Gasteiger partial charge in [-0.15, -0.1) is 0 Å². The fourth-order valence-corrected chi connectivity index (χ4v) is 5.42. The van der Waals surface area contributed by atoms with Crippen LogP contribution in [0.3, 0.4) is 0 Å². The van der Waals surface area contributed by atoms with E-state index in [1.807, 2.05) is 18.2 Å². The highest BCUT2D eigenvalue weighted by Crippen LogP contribution is 2.31. The third kappa shape index (κ3) is 4.76. The summed E-state index contributed by atoms with van der Waals surface area (Å²) in [5.74, 6) is 0.383. The Bertz CT molecular complexity index is 1720. The monoisotopic (exact) mass is 529 g/mol. The maximum atomic E-state index is 13.8. The van der Waals surface area contributed by atoms with Crippen molar-refractivity contribution in [3.8, 4) is 11.5 Å². The Labute approximate surface area is 221 Å². The zero-order valence-electron chi connectivity index (χ0n) is 20.9. The molecule has 0 saturated heterocycles. The molecule has 1 aliphatic heterocycles. The van der Waals surface area contributed by atoms with Gasteiger partial charge in [0.05, 0.1) is 36.1 Å². The number of halogens is 1. The molecule has 0 radical (unpaired) electrons. The van der Waals surface area contributed by atoms with Gasteiger partial charge >= 0.3 is 0 Å². The second kappa shape index (κ2) is 10.5. The molecule has 38 heavy (non-hydrogen) atoms. The molecule has 192 valence electrons. The number of hydrogen-bond donors (Lipinski definition) is 1. The van der Waals surface area contributed by atoms with Crippen LogP contribution in [0.5, 0.6) is 11.5 Å². The Balaban J connectivity index is 1.69. The number of aromatic nitrogens is 1. The Hall–Kier alpha value is -4.50. The van der Waals surface area contributed by atoms with Crippen LogP contribution in [0.2, 0.25) is 0 Å². The second-order valence-electron chi connectivity index (χ2n) is 8.56. The van der Waals surface area contributed by atoms with E-state index < -0.39 is 17.8 Å². The SMILES string of the molecule is COc1ccc(OC)c(/C=c2/sc3n(c2=O)C(c2ccc(F)cc2)C(C(=O)Nc2ccccc2)=C(C)N=3)c1. The minimum atomic E-state index is -0.801. The van der Waals surface area contributed by atoms with Gasteiger partial charge in [0.25, 0.3) is 11.5 Å². The van der Waals surface area contributed by atoms with Crippen LogP contribution in [0.15, 0.2) is 93.9 Å². The first-order valence-corrected chi connectivity index (χ1v) is 12.6. The van der Waals surface area contributed by atoms with Crippen molar-refractivity contribution >= 4 is 29.0 Å². The number of para-hydroxylation sites is 1.